The molecule has 1 nitrogen and oxygen atoms in total. The van der Waals surface area contributed by atoms with Crippen molar-refractivity contribution >= 4 is 5.69 Å². The highest BCUT2D eigenvalue weighted by atomic mass is 19.1. The predicted octanol–water partition coefficient (Wildman–Crippen LogP) is 2.49. The lowest BCUT2D eigenvalue weighted by Crippen LogP contribution is -2.07. The van der Waals surface area contributed by atoms with Crippen molar-refractivity contribution in [1.29, 1.82) is 0 Å². The molecule has 1 rings (SSSR count). The number of alkyl halides is 1. The summed E-state index contributed by atoms with van der Waals surface area (Å²) in [5.41, 5.74) is -0.501. The molecular weight excluding hydrogens is 186 g/mol. The second-order valence-corrected chi connectivity index (χ2v) is 2.36. The fourth-order valence-corrected chi connectivity index (χ4v) is 0.883. The van der Waals surface area contributed by atoms with Gasteiger partial charge in [0.1, 0.15) is 18.2 Å². The van der Waals surface area contributed by atoms with Crippen molar-refractivity contribution in [2.75, 3.05) is 18.5 Å². The minimum Gasteiger partial charge on any atom is -0.378 e. The average molecular weight is 193 g/mol. The lowest BCUT2D eigenvalue weighted by molar-refractivity contribution is 0.507. The molecule has 0 unspecified atom stereocenters. The first-order chi connectivity index (χ1) is 6.15. The molecule has 1 N–H and O–H groups in total. The zero-order valence-electron chi connectivity index (χ0n) is 6.58. The van der Waals surface area contributed by atoms with E-state index in [1.165, 1.54) is 0 Å². The van der Waals surface area contributed by atoms with E-state index in [2.05, 4.69) is 5.32 Å². The molecule has 0 aromatic heterocycles. The van der Waals surface area contributed by atoms with Crippen LogP contribution in [0.2, 0.25) is 0 Å². The Hall–Kier alpha value is -1.26. The van der Waals surface area contributed by atoms with E-state index < -0.39 is 29.8 Å². The van der Waals surface area contributed by atoms with Crippen LogP contribution in [-0.4, -0.2) is 13.2 Å². The summed E-state index contributed by atoms with van der Waals surface area (Å²) in [4.78, 5) is 0. The molecule has 0 atom stereocenters. The highest BCUT2D eigenvalue weighted by Crippen LogP contribution is 2.19. The average Bonchev–Trinajstić information content (AvgIpc) is 2.02. The fraction of sp³-hybridized carbons (Fsp3) is 0.250. The molecule has 0 aliphatic heterocycles. The molecule has 1 aromatic carbocycles. The molecule has 0 fully saturated rings. The molecule has 0 radical (unpaired) electrons. The largest absolute Gasteiger partial charge is 0.378 e. The second kappa shape index (κ2) is 4.11. The number of hydrogen-bond acceptors (Lipinski definition) is 1. The lowest BCUT2D eigenvalue weighted by Gasteiger charge is -2.06. The standard InChI is InChI=1S/C8H7F4N/c9-1-2-13-8-6(11)3-5(10)4-7(8)12/h3-4,13H,1-2H2. The topological polar surface area (TPSA) is 12.0 Å². The van der Waals surface area contributed by atoms with Crippen LogP contribution in [0.15, 0.2) is 12.1 Å². The summed E-state index contributed by atoms with van der Waals surface area (Å²) in [6.45, 7) is -0.963. The smallest absolute Gasteiger partial charge is 0.152 e. The summed E-state index contributed by atoms with van der Waals surface area (Å²) in [5, 5.41) is 2.17. The van der Waals surface area contributed by atoms with E-state index in [4.69, 9.17) is 0 Å². The summed E-state index contributed by atoms with van der Waals surface area (Å²) in [6, 6.07) is 1.06. The first kappa shape index (κ1) is 9.83. The molecule has 5 heteroatoms. The summed E-state index contributed by atoms with van der Waals surface area (Å²) < 4.78 is 49.5. The van der Waals surface area contributed by atoms with Crippen LogP contribution >= 0.6 is 0 Å². The third-order valence-corrected chi connectivity index (χ3v) is 1.40. The molecule has 0 saturated carbocycles. The molecule has 1 aromatic rings. The molecule has 0 aliphatic rings. The van der Waals surface area contributed by atoms with Crippen molar-refractivity contribution < 1.29 is 17.6 Å². The number of benzene rings is 1. The number of halogens is 4. The molecule has 0 spiro atoms. The predicted molar refractivity (Wildman–Crippen MR) is 40.8 cm³/mol. The number of nitrogens with one attached hydrogen (secondary N) is 1. The maximum Gasteiger partial charge on any atom is 0.152 e. The van der Waals surface area contributed by atoms with Crippen LogP contribution in [0.3, 0.4) is 0 Å². The van der Waals surface area contributed by atoms with E-state index in [1.807, 2.05) is 0 Å². The van der Waals surface area contributed by atoms with Crippen LogP contribution in [0.25, 0.3) is 0 Å². The van der Waals surface area contributed by atoms with Crippen LogP contribution in [0.5, 0.6) is 0 Å². The van der Waals surface area contributed by atoms with Crippen molar-refractivity contribution in [3.05, 3.63) is 29.6 Å². The quantitative estimate of drug-likeness (QED) is 0.727. The molecule has 0 bridgehead atoms. The zero-order valence-corrected chi connectivity index (χ0v) is 6.58. The van der Waals surface area contributed by atoms with Crippen LogP contribution in [0.1, 0.15) is 0 Å². The summed E-state index contributed by atoms with van der Waals surface area (Å²) >= 11 is 0. The van der Waals surface area contributed by atoms with Gasteiger partial charge in [-0.3, -0.25) is 0 Å². The third kappa shape index (κ3) is 2.34. The van der Waals surface area contributed by atoms with Gasteiger partial charge in [0.15, 0.2) is 11.6 Å². The highest BCUT2D eigenvalue weighted by Gasteiger charge is 2.10. The van der Waals surface area contributed by atoms with Crippen molar-refractivity contribution in [3.63, 3.8) is 0 Å². The maximum absolute atomic E-state index is 12.8. The van der Waals surface area contributed by atoms with Crippen LogP contribution in [0.4, 0.5) is 23.2 Å². The Kier molecular flexibility index (Phi) is 3.11. The van der Waals surface area contributed by atoms with Crippen LogP contribution < -0.4 is 5.32 Å². The number of anilines is 1. The van der Waals surface area contributed by atoms with E-state index in [0.29, 0.717) is 12.1 Å². The molecule has 13 heavy (non-hydrogen) atoms. The molecular formula is C8H7F4N. The van der Waals surface area contributed by atoms with Crippen molar-refractivity contribution in [3.8, 4) is 0 Å². The number of rotatable bonds is 3. The van der Waals surface area contributed by atoms with Crippen molar-refractivity contribution in [1.82, 2.24) is 0 Å². The van der Waals surface area contributed by atoms with Gasteiger partial charge in [-0.15, -0.1) is 0 Å². The first-order valence-electron chi connectivity index (χ1n) is 3.59. The monoisotopic (exact) mass is 193 g/mol. The second-order valence-electron chi connectivity index (χ2n) is 2.36. The Labute approximate surface area is 72.4 Å². The van der Waals surface area contributed by atoms with E-state index in [-0.39, 0.29) is 6.54 Å². The van der Waals surface area contributed by atoms with E-state index in [0.717, 1.165) is 0 Å². The SMILES string of the molecule is FCCNc1c(F)cc(F)cc1F. The minimum absolute atomic E-state index is 0.209. The van der Waals surface area contributed by atoms with Gasteiger partial charge < -0.3 is 5.32 Å². The normalized spacial score (nSPS) is 10.2. The van der Waals surface area contributed by atoms with E-state index in [1.54, 1.807) is 0 Å². The Bertz CT molecular complexity index is 277. The molecule has 0 aliphatic carbocycles. The van der Waals surface area contributed by atoms with Gasteiger partial charge in [-0.2, -0.15) is 0 Å². The van der Waals surface area contributed by atoms with Crippen molar-refractivity contribution in [2.45, 2.75) is 0 Å². The van der Waals surface area contributed by atoms with E-state index >= 15 is 0 Å². The Morgan fingerprint density at radius 2 is 1.62 bits per heavy atom. The van der Waals surface area contributed by atoms with Crippen LogP contribution in [-0.2, 0) is 0 Å². The summed E-state index contributed by atoms with van der Waals surface area (Å²) in [7, 11) is 0. The highest BCUT2D eigenvalue weighted by molar-refractivity contribution is 5.46. The molecule has 0 amide bonds. The van der Waals surface area contributed by atoms with E-state index in [9.17, 15) is 17.6 Å². The summed E-state index contributed by atoms with van der Waals surface area (Å²) in [5.74, 6) is -3.13. The Morgan fingerprint density at radius 1 is 1.08 bits per heavy atom. The fourth-order valence-electron chi connectivity index (χ4n) is 0.883. The van der Waals surface area contributed by atoms with Gasteiger partial charge in [-0.25, -0.2) is 17.6 Å². The molecule has 72 valence electrons. The molecule has 0 saturated heterocycles. The van der Waals surface area contributed by atoms with Crippen molar-refractivity contribution in [2.24, 2.45) is 0 Å². The lowest BCUT2D eigenvalue weighted by atomic mass is 10.3. The Balaban J connectivity index is 2.92. The van der Waals surface area contributed by atoms with Crippen LogP contribution in [0, 0.1) is 17.5 Å². The first-order valence-corrected chi connectivity index (χ1v) is 3.59. The van der Waals surface area contributed by atoms with Gasteiger partial charge in [0, 0.05) is 18.7 Å². The Morgan fingerprint density at radius 3 is 2.08 bits per heavy atom. The van der Waals surface area contributed by atoms with Gasteiger partial charge in [-0.1, -0.05) is 0 Å². The zero-order chi connectivity index (χ0) is 9.84. The molecule has 0 heterocycles. The summed E-state index contributed by atoms with van der Waals surface area (Å²) in [6.07, 6.45) is 0. The van der Waals surface area contributed by atoms with Gasteiger partial charge in [-0.05, 0) is 0 Å². The van der Waals surface area contributed by atoms with Gasteiger partial charge >= 0.3 is 0 Å². The third-order valence-electron chi connectivity index (χ3n) is 1.40. The number of hydrogen-bond donors (Lipinski definition) is 1. The minimum atomic E-state index is -1.06. The van der Waals surface area contributed by atoms with Gasteiger partial charge in [0.05, 0.1) is 0 Å². The van der Waals surface area contributed by atoms with Gasteiger partial charge in [0.2, 0.25) is 0 Å². The van der Waals surface area contributed by atoms with Gasteiger partial charge in [0.25, 0.3) is 0 Å². The maximum atomic E-state index is 12.8.